The minimum Gasteiger partial charge on any atom is -0.496 e. The third kappa shape index (κ3) is 5.11. The predicted octanol–water partition coefficient (Wildman–Crippen LogP) is 3.27. The summed E-state index contributed by atoms with van der Waals surface area (Å²) in [5.74, 6) is 0.919. The largest absolute Gasteiger partial charge is 0.496 e. The first-order valence-corrected chi connectivity index (χ1v) is 10.8. The first kappa shape index (κ1) is 23.3. The molecule has 3 aromatic rings. The molecular weight excluding hydrogens is 432 g/mol. The van der Waals surface area contributed by atoms with Crippen LogP contribution in [0.25, 0.3) is 10.2 Å². The monoisotopic (exact) mass is 458 g/mol. The number of aromatic nitrogens is 1. The standard InChI is InChI=1S/C23H26N2O6S/c1-6-31-22(27)13-25-16-11-18(29-4)19(30-5)12-20(16)32-23(25)24-21(26)10-15-9-14(2)7-8-17(15)28-3/h7-9,11-12H,6,10,13H2,1-5H3. The summed E-state index contributed by atoms with van der Waals surface area (Å²) in [5.41, 5.74) is 2.47. The summed E-state index contributed by atoms with van der Waals surface area (Å²) in [5, 5.41) is 0. The fourth-order valence-corrected chi connectivity index (χ4v) is 4.38. The number of ether oxygens (including phenoxy) is 4. The number of fused-ring (bicyclic) bond motifs is 1. The molecule has 0 aliphatic rings. The second-order valence-electron chi connectivity index (χ2n) is 6.95. The molecule has 0 saturated carbocycles. The summed E-state index contributed by atoms with van der Waals surface area (Å²) in [6.45, 7) is 3.87. The molecule has 0 bridgehead atoms. The van der Waals surface area contributed by atoms with Crippen LogP contribution in [0.1, 0.15) is 18.1 Å². The van der Waals surface area contributed by atoms with Crippen LogP contribution >= 0.6 is 11.3 Å². The molecule has 32 heavy (non-hydrogen) atoms. The van der Waals surface area contributed by atoms with Gasteiger partial charge in [0.05, 0.1) is 44.6 Å². The third-order valence-corrected chi connectivity index (χ3v) is 5.82. The molecule has 0 aliphatic heterocycles. The number of benzene rings is 2. The number of nitrogens with zero attached hydrogens (tertiary/aromatic N) is 2. The first-order valence-electron chi connectivity index (χ1n) is 10.0. The van der Waals surface area contributed by atoms with Crippen LogP contribution < -0.4 is 19.0 Å². The highest BCUT2D eigenvalue weighted by Crippen LogP contribution is 2.33. The maximum atomic E-state index is 12.9. The van der Waals surface area contributed by atoms with Crippen molar-refractivity contribution in [3.05, 3.63) is 46.3 Å². The lowest BCUT2D eigenvalue weighted by atomic mass is 10.1. The highest BCUT2D eigenvalue weighted by Gasteiger charge is 2.16. The Kier molecular flexibility index (Phi) is 7.53. The van der Waals surface area contributed by atoms with E-state index in [4.69, 9.17) is 18.9 Å². The Morgan fingerprint density at radius 3 is 2.34 bits per heavy atom. The van der Waals surface area contributed by atoms with Crippen LogP contribution in [0.4, 0.5) is 0 Å². The van der Waals surface area contributed by atoms with E-state index in [0.717, 1.165) is 15.8 Å². The summed E-state index contributed by atoms with van der Waals surface area (Å²) in [6.07, 6.45) is 0.0746. The van der Waals surface area contributed by atoms with E-state index >= 15 is 0 Å². The van der Waals surface area contributed by atoms with Crippen LogP contribution in [0.15, 0.2) is 35.3 Å². The molecule has 1 aromatic heterocycles. The van der Waals surface area contributed by atoms with Gasteiger partial charge in [-0.3, -0.25) is 9.59 Å². The number of esters is 1. The van der Waals surface area contributed by atoms with E-state index in [0.29, 0.717) is 27.6 Å². The average molecular weight is 459 g/mol. The van der Waals surface area contributed by atoms with Crippen molar-refractivity contribution in [3.63, 3.8) is 0 Å². The number of rotatable bonds is 8. The minimum absolute atomic E-state index is 0.0746. The Hall–Kier alpha value is -3.33. The molecule has 1 amide bonds. The van der Waals surface area contributed by atoms with Gasteiger partial charge < -0.3 is 23.5 Å². The molecule has 0 N–H and O–H groups in total. The van der Waals surface area contributed by atoms with Crippen molar-refractivity contribution in [2.24, 2.45) is 4.99 Å². The lowest BCUT2D eigenvalue weighted by molar-refractivity contribution is -0.143. The van der Waals surface area contributed by atoms with Gasteiger partial charge in [0.25, 0.3) is 5.91 Å². The molecule has 9 heteroatoms. The Morgan fingerprint density at radius 1 is 1.00 bits per heavy atom. The lowest BCUT2D eigenvalue weighted by Crippen LogP contribution is -2.23. The van der Waals surface area contributed by atoms with E-state index < -0.39 is 5.97 Å². The van der Waals surface area contributed by atoms with Gasteiger partial charge in [-0.15, -0.1) is 0 Å². The van der Waals surface area contributed by atoms with Crippen LogP contribution in [0.5, 0.6) is 17.2 Å². The highest BCUT2D eigenvalue weighted by molar-refractivity contribution is 7.16. The number of thiazole rings is 1. The summed E-state index contributed by atoms with van der Waals surface area (Å²) >= 11 is 1.29. The first-order chi connectivity index (χ1) is 15.4. The predicted molar refractivity (Wildman–Crippen MR) is 122 cm³/mol. The molecular formula is C23H26N2O6S. The second kappa shape index (κ2) is 10.3. The van der Waals surface area contributed by atoms with E-state index in [-0.39, 0.29) is 25.5 Å². The number of aryl methyl sites for hydroxylation is 1. The van der Waals surface area contributed by atoms with Gasteiger partial charge in [-0.05, 0) is 19.9 Å². The van der Waals surface area contributed by atoms with Gasteiger partial charge in [-0.2, -0.15) is 4.99 Å². The van der Waals surface area contributed by atoms with Crippen molar-refractivity contribution >= 4 is 33.4 Å². The SMILES string of the molecule is CCOC(=O)Cn1c(=NC(=O)Cc2cc(C)ccc2OC)sc2cc(OC)c(OC)cc21. The minimum atomic E-state index is -0.420. The smallest absolute Gasteiger partial charge is 0.326 e. The van der Waals surface area contributed by atoms with E-state index in [1.54, 1.807) is 37.8 Å². The summed E-state index contributed by atoms with van der Waals surface area (Å²) in [6, 6.07) is 9.21. The van der Waals surface area contributed by atoms with E-state index in [1.807, 2.05) is 25.1 Å². The van der Waals surface area contributed by atoms with E-state index in [9.17, 15) is 9.59 Å². The molecule has 0 atom stereocenters. The zero-order chi connectivity index (χ0) is 23.3. The fraction of sp³-hybridized carbons (Fsp3) is 0.348. The Labute approximate surface area is 190 Å². The molecule has 0 saturated heterocycles. The third-order valence-electron chi connectivity index (χ3n) is 4.78. The topological polar surface area (TPSA) is 88.4 Å². The van der Waals surface area contributed by atoms with Gasteiger partial charge >= 0.3 is 5.97 Å². The van der Waals surface area contributed by atoms with Crippen LogP contribution in [-0.4, -0.2) is 44.4 Å². The van der Waals surface area contributed by atoms with Gasteiger partial charge in [-0.25, -0.2) is 0 Å². The zero-order valence-corrected chi connectivity index (χ0v) is 19.6. The Balaban J connectivity index is 2.09. The quantitative estimate of drug-likeness (QED) is 0.482. The van der Waals surface area contributed by atoms with E-state index in [2.05, 4.69) is 4.99 Å². The lowest BCUT2D eigenvalue weighted by Gasteiger charge is -2.09. The van der Waals surface area contributed by atoms with Crippen LogP contribution in [-0.2, 0) is 27.3 Å². The Bertz CT molecular complexity index is 1210. The Morgan fingerprint density at radius 2 is 1.69 bits per heavy atom. The number of hydrogen-bond donors (Lipinski definition) is 0. The molecule has 0 unspecified atom stereocenters. The molecule has 170 valence electrons. The summed E-state index contributed by atoms with van der Waals surface area (Å²) in [7, 11) is 4.65. The molecule has 3 rings (SSSR count). The van der Waals surface area contributed by atoms with Crippen molar-refractivity contribution in [1.82, 2.24) is 4.57 Å². The number of hydrogen-bond acceptors (Lipinski definition) is 7. The van der Waals surface area contributed by atoms with Crippen molar-refractivity contribution < 1.29 is 28.5 Å². The van der Waals surface area contributed by atoms with Crippen LogP contribution in [0.3, 0.4) is 0 Å². The maximum Gasteiger partial charge on any atom is 0.326 e. The zero-order valence-electron chi connectivity index (χ0n) is 18.8. The number of carbonyl (C=O) groups is 2. The van der Waals surface area contributed by atoms with Gasteiger partial charge in [0.15, 0.2) is 16.3 Å². The van der Waals surface area contributed by atoms with Crippen LogP contribution in [0.2, 0.25) is 0 Å². The van der Waals surface area contributed by atoms with Crippen molar-refractivity contribution in [3.8, 4) is 17.2 Å². The maximum absolute atomic E-state index is 12.9. The normalized spacial score (nSPS) is 11.5. The average Bonchev–Trinajstić information content (AvgIpc) is 3.08. The van der Waals surface area contributed by atoms with Gasteiger partial charge in [0.2, 0.25) is 0 Å². The van der Waals surface area contributed by atoms with Crippen LogP contribution in [0, 0.1) is 6.92 Å². The summed E-state index contributed by atoms with van der Waals surface area (Å²) in [4.78, 5) is 29.8. The fourth-order valence-electron chi connectivity index (χ4n) is 3.33. The van der Waals surface area contributed by atoms with Gasteiger partial charge in [0, 0.05) is 17.7 Å². The van der Waals surface area contributed by atoms with Crippen molar-refractivity contribution in [2.75, 3.05) is 27.9 Å². The van der Waals surface area contributed by atoms with E-state index in [1.165, 1.54) is 18.4 Å². The number of carbonyl (C=O) groups excluding carboxylic acids is 2. The molecule has 0 aliphatic carbocycles. The molecule has 0 fully saturated rings. The molecule has 0 radical (unpaired) electrons. The number of methoxy groups -OCH3 is 3. The number of amides is 1. The van der Waals surface area contributed by atoms with Crippen molar-refractivity contribution in [1.29, 1.82) is 0 Å². The van der Waals surface area contributed by atoms with Gasteiger partial charge in [0.1, 0.15) is 12.3 Å². The molecule has 0 spiro atoms. The second-order valence-corrected chi connectivity index (χ2v) is 7.96. The molecule has 8 nitrogen and oxygen atoms in total. The van der Waals surface area contributed by atoms with Crippen molar-refractivity contribution in [2.45, 2.75) is 26.8 Å². The highest BCUT2D eigenvalue weighted by atomic mass is 32.1. The molecule has 2 aromatic carbocycles. The molecule has 1 heterocycles. The van der Waals surface area contributed by atoms with Gasteiger partial charge in [-0.1, -0.05) is 29.0 Å². The summed E-state index contributed by atoms with van der Waals surface area (Å²) < 4.78 is 23.7.